The van der Waals surface area contributed by atoms with E-state index in [4.69, 9.17) is 4.42 Å². The predicted molar refractivity (Wildman–Crippen MR) is 121 cm³/mol. The van der Waals surface area contributed by atoms with Crippen LogP contribution in [0.3, 0.4) is 0 Å². The minimum Gasteiger partial charge on any atom is -0.440 e. The van der Waals surface area contributed by atoms with Gasteiger partial charge in [0.15, 0.2) is 11.5 Å². The van der Waals surface area contributed by atoms with Crippen LogP contribution in [-0.2, 0) is 4.79 Å². The van der Waals surface area contributed by atoms with E-state index in [0.717, 1.165) is 53.5 Å². The van der Waals surface area contributed by atoms with Crippen molar-refractivity contribution in [2.45, 2.75) is 24.8 Å². The lowest BCUT2D eigenvalue weighted by molar-refractivity contribution is -0.123. The third kappa shape index (κ3) is 4.52. The molecule has 6 nitrogen and oxygen atoms in total. The number of thiazole rings is 1. The summed E-state index contributed by atoms with van der Waals surface area (Å²) in [7, 11) is 0. The fourth-order valence-electron chi connectivity index (χ4n) is 4.12. The van der Waals surface area contributed by atoms with Crippen LogP contribution in [0.1, 0.15) is 41.3 Å². The quantitative estimate of drug-likeness (QED) is 0.490. The largest absolute Gasteiger partial charge is 0.440 e. The van der Waals surface area contributed by atoms with E-state index < -0.39 is 0 Å². The Morgan fingerprint density at radius 2 is 1.90 bits per heavy atom. The zero-order valence-electron chi connectivity index (χ0n) is 17.1. The first-order chi connectivity index (χ1) is 15.3. The number of nitrogens with one attached hydrogen (secondary N) is 1. The number of hydrogen-bond donors (Lipinski definition) is 1. The molecule has 31 heavy (non-hydrogen) atoms. The van der Waals surface area contributed by atoms with Crippen molar-refractivity contribution < 1.29 is 9.21 Å². The van der Waals surface area contributed by atoms with Gasteiger partial charge in [0.1, 0.15) is 16.6 Å². The van der Waals surface area contributed by atoms with Gasteiger partial charge in [-0.3, -0.25) is 9.69 Å². The number of rotatable bonds is 6. The molecule has 1 atom stereocenters. The topological polar surface area (TPSA) is 71.3 Å². The molecular weight excluding hydrogens is 408 g/mol. The van der Waals surface area contributed by atoms with E-state index in [2.05, 4.69) is 20.2 Å². The van der Waals surface area contributed by atoms with Crippen LogP contribution < -0.4 is 5.32 Å². The summed E-state index contributed by atoms with van der Waals surface area (Å²) < 4.78 is 5.95. The Morgan fingerprint density at radius 3 is 2.65 bits per heavy atom. The summed E-state index contributed by atoms with van der Waals surface area (Å²) in [6, 6.07) is 17.7. The van der Waals surface area contributed by atoms with Gasteiger partial charge in [-0.15, -0.1) is 11.3 Å². The number of benzene rings is 2. The van der Waals surface area contributed by atoms with Crippen LogP contribution in [0.15, 0.2) is 70.6 Å². The fourth-order valence-corrected chi connectivity index (χ4v) is 4.84. The van der Waals surface area contributed by atoms with Crippen molar-refractivity contribution in [3.8, 4) is 0 Å². The van der Waals surface area contributed by atoms with E-state index in [9.17, 15) is 4.79 Å². The highest BCUT2D eigenvalue weighted by atomic mass is 32.1. The monoisotopic (exact) mass is 432 g/mol. The standard InChI is InChI=1S/C24H24N4O2S/c29-21(27-22(24-25-12-15-31-24)17-6-2-1-3-7-17)16-28-13-10-18(11-14-28)23-26-19-8-4-5-9-20(19)30-23/h1-9,12,15,18,22H,10-11,13-14,16H2,(H,27,29). The molecule has 2 aromatic heterocycles. The average Bonchev–Trinajstić information content (AvgIpc) is 3.49. The summed E-state index contributed by atoms with van der Waals surface area (Å²) in [6.45, 7) is 2.09. The van der Waals surface area contributed by atoms with Crippen LogP contribution in [-0.4, -0.2) is 40.4 Å². The summed E-state index contributed by atoms with van der Waals surface area (Å²) in [5, 5.41) is 6.02. The summed E-state index contributed by atoms with van der Waals surface area (Å²) in [4.78, 5) is 24.1. The second kappa shape index (κ2) is 8.99. The third-order valence-corrected chi connectivity index (χ3v) is 6.59. The van der Waals surface area contributed by atoms with Gasteiger partial charge in [0.05, 0.1) is 6.54 Å². The van der Waals surface area contributed by atoms with Crippen LogP contribution >= 0.6 is 11.3 Å². The van der Waals surface area contributed by atoms with Gasteiger partial charge in [-0.05, 0) is 43.6 Å². The Hall–Kier alpha value is -3.03. The average molecular weight is 433 g/mol. The number of carbonyl (C=O) groups is 1. The minimum atomic E-state index is -0.217. The van der Waals surface area contributed by atoms with Gasteiger partial charge in [0.2, 0.25) is 5.91 Å². The van der Waals surface area contributed by atoms with Crippen molar-refractivity contribution in [3.05, 3.63) is 82.6 Å². The van der Waals surface area contributed by atoms with Crippen LogP contribution in [0.5, 0.6) is 0 Å². The van der Waals surface area contributed by atoms with E-state index in [1.165, 1.54) is 0 Å². The highest BCUT2D eigenvalue weighted by Crippen LogP contribution is 2.30. The molecule has 0 aliphatic carbocycles. The molecule has 1 aliphatic heterocycles. The van der Waals surface area contributed by atoms with Crippen molar-refractivity contribution in [1.82, 2.24) is 20.2 Å². The fraction of sp³-hybridized carbons (Fsp3) is 0.292. The number of piperidine rings is 1. The van der Waals surface area contributed by atoms with E-state index in [1.807, 2.05) is 60.0 Å². The Balaban J connectivity index is 1.19. The van der Waals surface area contributed by atoms with Gasteiger partial charge in [0.25, 0.3) is 0 Å². The number of para-hydroxylation sites is 2. The van der Waals surface area contributed by atoms with Crippen LogP contribution in [0.25, 0.3) is 11.1 Å². The number of likely N-dealkylation sites (tertiary alicyclic amines) is 1. The second-order valence-electron chi connectivity index (χ2n) is 7.85. The Morgan fingerprint density at radius 1 is 1.13 bits per heavy atom. The molecule has 0 radical (unpaired) electrons. The van der Waals surface area contributed by atoms with Crippen molar-refractivity contribution in [3.63, 3.8) is 0 Å². The lowest BCUT2D eigenvalue weighted by Crippen LogP contribution is -2.42. The number of aromatic nitrogens is 2. The second-order valence-corrected chi connectivity index (χ2v) is 8.78. The number of amides is 1. The number of oxazole rings is 1. The highest BCUT2D eigenvalue weighted by Gasteiger charge is 2.27. The first-order valence-electron chi connectivity index (χ1n) is 10.6. The summed E-state index contributed by atoms with van der Waals surface area (Å²) in [6.07, 6.45) is 3.66. The van der Waals surface area contributed by atoms with Crippen LogP contribution in [0.4, 0.5) is 0 Å². The van der Waals surface area contributed by atoms with Crippen molar-refractivity contribution in [2.75, 3.05) is 19.6 Å². The molecule has 0 spiro atoms. The summed E-state index contributed by atoms with van der Waals surface area (Å²) >= 11 is 1.56. The zero-order valence-corrected chi connectivity index (χ0v) is 17.9. The molecule has 2 aromatic carbocycles. The van der Waals surface area contributed by atoms with Gasteiger partial charge in [-0.2, -0.15) is 0 Å². The lowest BCUT2D eigenvalue weighted by Gasteiger charge is -2.30. The number of fused-ring (bicyclic) bond motifs is 1. The van der Waals surface area contributed by atoms with Gasteiger partial charge >= 0.3 is 0 Å². The maximum Gasteiger partial charge on any atom is 0.235 e. The number of carbonyl (C=O) groups excluding carboxylic acids is 1. The maximum absolute atomic E-state index is 12.9. The van der Waals surface area contributed by atoms with Crippen molar-refractivity contribution in [1.29, 1.82) is 0 Å². The van der Waals surface area contributed by atoms with Crippen LogP contribution in [0.2, 0.25) is 0 Å². The molecule has 1 fully saturated rings. The SMILES string of the molecule is O=C(CN1CCC(c2nc3ccccc3o2)CC1)NC(c1ccccc1)c1nccs1. The molecule has 0 bridgehead atoms. The summed E-state index contributed by atoms with van der Waals surface area (Å²) in [5.41, 5.74) is 2.79. The molecule has 1 amide bonds. The third-order valence-electron chi connectivity index (χ3n) is 5.75. The van der Waals surface area contributed by atoms with E-state index in [-0.39, 0.29) is 11.9 Å². The van der Waals surface area contributed by atoms with Gasteiger partial charge in [0, 0.05) is 17.5 Å². The molecule has 158 valence electrons. The normalized spacial score (nSPS) is 16.4. The van der Waals surface area contributed by atoms with Gasteiger partial charge < -0.3 is 9.73 Å². The maximum atomic E-state index is 12.9. The van der Waals surface area contributed by atoms with E-state index >= 15 is 0 Å². The lowest BCUT2D eigenvalue weighted by atomic mass is 9.97. The first kappa shape index (κ1) is 19.9. The summed E-state index contributed by atoms with van der Waals surface area (Å²) in [5.74, 6) is 1.14. The minimum absolute atomic E-state index is 0.0179. The van der Waals surface area contributed by atoms with E-state index in [0.29, 0.717) is 12.5 Å². The highest BCUT2D eigenvalue weighted by molar-refractivity contribution is 7.09. The van der Waals surface area contributed by atoms with Crippen molar-refractivity contribution in [2.24, 2.45) is 0 Å². The van der Waals surface area contributed by atoms with Gasteiger partial charge in [-0.25, -0.2) is 9.97 Å². The Labute approximate surface area is 184 Å². The molecule has 1 aliphatic rings. The zero-order chi connectivity index (χ0) is 21.0. The van der Waals surface area contributed by atoms with Crippen molar-refractivity contribution >= 4 is 28.3 Å². The smallest absolute Gasteiger partial charge is 0.235 e. The molecule has 5 rings (SSSR count). The molecule has 3 heterocycles. The predicted octanol–water partition coefficient (Wildman–Crippen LogP) is 4.37. The molecule has 7 heteroatoms. The molecule has 1 N–H and O–H groups in total. The number of nitrogens with zero attached hydrogens (tertiary/aromatic N) is 3. The molecule has 1 unspecified atom stereocenters. The molecular formula is C24H24N4O2S. The Bertz CT molecular complexity index is 1100. The van der Waals surface area contributed by atoms with E-state index in [1.54, 1.807) is 17.5 Å². The molecule has 1 saturated heterocycles. The number of hydrogen-bond acceptors (Lipinski definition) is 6. The van der Waals surface area contributed by atoms with Gasteiger partial charge in [-0.1, -0.05) is 42.5 Å². The first-order valence-corrected chi connectivity index (χ1v) is 11.5. The molecule has 0 saturated carbocycles. The Kier molecular flexibility index (Phi) is 5.78. The molecule has 4 aromatic rings. The van der Waals surface area contributed by atoms with Crippen LogP contribution in [0, 0.1) is 0 Å².